The van der Waals surface area contributed by atoms with Crippen molar-refractivity contribution in [1.82, 2.24) is 14.1 Å². The number of hydrogen-bond donors (Lipinski definition) is 0. The Kier molecular flexibility index (Phi) is 3.79. The molecule has 3 aromatic heterocycles. The van der Waals surface area contributed by atoms with E-state index in [1.807, 2.05) is 24.4 Å². The summed E-state index contributed by atoms with van der Waals surface area (Å²) in [6.45, 7) is 0. The molecule has 33 heavy (non-hydrogen) atoms. The highest BCUT2D eigenvalue weighted by molar-refractivity contribution is 6.34. The van der Waals surface area contributed by atoms with Crippen LogP contribution in [0, 0.1) is 0 Å². The summed E-state index contributed by atoms with van der Waals surface area (Å²) in [7, 11) is 6.17. The topological polar surface area (TPSA) is 22.8 Å². The van der Waals surface area contributed by atoms with Gasteiger partial charge in [0.05, 0.1) is 16.6 Å². The van der Waals surface area contributed by atoms with E-state index in [0.717, 1.165) is 49.8 Å². The molecule has 0 atom stereocenters. The molecule has 3 heterocycles. The zero-order chi connectivity index (χ0) is 21.9. The van der Waals surface area contributed by atoms with Crippen molar-refractivity contribution in [2.24, 2.45) is 0 Å². The highest BCUT2D eigenvalue weighted by Crippen LogP contribution is 2.35. The maximum absolute atomic E-state index is 6.17. The number of pyridine rings is 1. The second kappa shape index (κ2) is 6.85. The molecule has 0 unspecified atom stereocenters. The van der Waals surface area contributed by atoms with Crippen LogP contribution in [0.5, 0.6) is 0 Å². The van der Waals surface area contributed by atoms with E-state index in [1.165, 1.54) is 10.8 Å². The predicted molar refractivity (Wildman–Crippen MR) is 138 cm³/mol. The summed E-state index contributed by atoms with van der Waals surface area (Å²) >= 11 is 0. The van der Waals surface area contributed by atoms with Gasteiger partial charge >= 0.3 is 0 Å². The second-order valence-electron chi connectivity index (χ2n) is 8.38. The van der Waals surface area contributed by atoms with E-state index in [2.05, 4.69) is 94.1 Å². The first-order valence-corrected chi connectivity index (χ1v) is 11.0. The molecule has 0 saturated carbocycles. The normalized spacial score (nSPS) is 11.8. The molecule has 4 aromatic carbocycles. The van der Waals surface area contributed by atoms with Crippen molar-refractivity contribution in [2.75, 3.05) is 0 Å². The highest BCUT2D eigenvalue weighted by Gasteiger charge is 2.16. The lowest BCUT2D eigenvalue weighted by Crippen LogP contribution is -2.00. The Bertz CT molecular complexity index is 1770. The van der Waals surface area contributed by atoms with E-state index >= 15 is 0 Å². The van der Waals surface area contributed by atoms with Crippen molar-refractivity contribution >= 4 is 57.1 Å². The molecule has 0 aliphatic carbocycles. The van der Waals surface area contributed by atoms with Crippen molar-refractivity contribution in [3.05, 3.63) is 109 Å². The third kappa shape index (κ3) is 2.61. The summed E-state index contributed by atoms with van der Waals surface area (Å²) in [4.78, 5) is 4.75. The monoisotopic (exact) mass is 419 g/mol. The molecule has 4 heteroatoms. The molecular formula is C29H18BN3. The first-order chi connectivity index (χ1) is 16.3. The molecule has 0 amide bonds. The van der Waals surface area contributed by atoms with Gasteiger partial charge in [-0.1, -0.05) is 60.1 Å². The maximum Gasteiger partial charge on any atom is 0.145 e. The van der Waals surface area contributed by atoms with Crippen LogP contribution in [0.25, 0.3) is 55.1 Å². The smallest absolute Gasteiger partial charge is 0.145 e. The Labute approximate surface area is 191 Å². The Balaban J connectivity index is 1.62. The van der Waals surface area contributed by atoms with Gasteiger partial charge in [0.25, 0.3) is 0 Å². The van der Waals surface area contributed by atoms with E-state index in [-0.39, 0.29) is 0 Å². The van der Waals surface area contributed by atoms with Gasteiger partial charge in [-0.2, -0.15) is 0 Å². The fraction of sp³-hybridized carbons (Fsp3) is 0. The minimum atomic E-state index is 0.769. The summed E-state index contributed by atoms with van der Waals surface area (Å²) in [6, 6.07) is 35.9. The number of hydrogen-bond acceptors (Lipinski definition) is 1. The van der Waals surface area contributed by atoms with E-state index in [1.54, 1.807) is 0 Å². The lowest BCUT2D eigenvalue weighted by atomic mass is 9.94. The van der Waals surface area contributed by atoms with E-state index in [0.29, 0.717) is 0 Å². The minimum Gasteiger partial charge on any atom is -0.309 e. The molecule has 2 radical (unpaired) electrons. The van der Waals surface area contributed by atoms with Gasteiger partial charge in [-0.15, -0.1) is 0 Å². The molecule has 0 fully saturated rings. The van der Waals surface area contributed by atoms with Gasteiger partial charge in [0.1, 0.15) is 13.5 Å². The van der Waals surface area contributed by atoms with E-state index in [4.69, 9.17) is 12.8 Å². The lowest BCUT2D eigenvalue weighted by Gasteiger charge is -2.10. The third-order valence-electron chi connectivity index (χ3n) is 6.48. The number of para-hydroxylation sites is 2. The van der Waals surface area contributed by atoms with Crippen LogP contribution in [-0.2, 0) is 0 Å². The van der Waals surface area contributed by atoms with Crippen molar-refractivity contribution in [2.45, 2.75) is 0 Å². The molecule has 0 aliphatic rings. The van der Waals surface area contributed by atoms with Gasteiger partial charge in [-0.3, -0.25) is 4.57 Å². The molecular weight excluding hydrogens is 401 g/mol. The van der Waals surface area contributed by atoms with Crippen LogP contribution in [-0.4, -0.2) is 22.0 Å². The number of nitrogens with zero attached hydrogens (tertiary/aromatic N) is 3. The molecule has 0 aliphatic heterocycles. The lowest BCUT2D eigenvalue weighted by molar-refractivity contribution is 1.13. The van der Waals surface area contributed by atoms with Crippen LogP contribution in [0.2, 0.25) is 0 Å². The summed E-state index contributed by atoms with van der Waals surface area (Å²) < 4.78 is 4.57. The molecule has 0 bridgehead atoms. The molecule has 0 spiro atoms. The van der Waals surface area contributed by atoms with Crippen LogP contribution in [0.1, 0.15) is 0 Å². The average Bonchev–Trinajstić information content (AvgIpc) is 3.37. The molecule has 7 rings (SSSR count). The number of rotatable bonds is 2. The molecule has 152 valence electrons. The van der Waals surface area contributed by atoms with Crippen LogP contribution in [0.3, 0.4) is 0 Å². The minimum absolute atomic E-state index is 0.769. The Morgan fingerprint density at radius 3 is 2.18 bits per heavy atom. The zero-order valence-corrected chi connectivity index (χ0v) is 17.8. The SMILES string of the molecule is [B]c1ccc2c(c1)c1ccc(-n3c4ccccc4c4cccnc43)cc1n2-c1ccccc1. The van der Waals surface area contributed by atoms with Gasteiger partial charge in [0, 0.05) is 39.1 Å². The van der Waals surface area contributed by atoms with Crippen molar-refractivity contribution in [1.29, 1.82) is 0 Å². The summed E-state index contributed by atoms with van der Waals surface area (Å²) in [5.74, 6) is 0. The largest absolute Gasteiger partial charge is 0.309 e. The molecule has 7 aromatic rings. The van der Waals surface area contributed by atoms with Gasteiger partial charge in [-0.05, 0) is 48.5 Å². The van der Waals surface area contributed by atoms with E-state index in [9.17, 15) is 0 Å². The third-order valence-corrected chi connectivity index (χ3v) is 6.48. The zero-order valence-electron chi connectivity index (χ0n) is 17.8. The van der Waals surface area contributed by atoms with Crippen molar-refractivity contribution in [3.8, 4) is 11.4 Å². The Hall–Kier alpha value is -4.31. The first kappa shape index (κ1) is 18.3. The summed E-state index contributed by atoms with van der Waals surface area (Å²) in [5.41, 5.74) is 7.37. The average molecular weight is 419 g/mol. The van der Waals surface area contributed by atoms with Gasteiger partial charge < -0.3 is 4.57 Å². The van der Waals surface area contributed by atoms with Crippen LogP contribution < -0.4 is 5.46 Å². The number of benzene rings is 4. The van der Waals surface area contributed by atoms with Gasteiger partial charge in [-0.25, -0.2) is 4.98 Å². The highest BCUT2D eigenvalue weighted by atomic mass is 15.1. The quantitative estimate of drug-likeness (QED) is 0.312. The van der Waals surface area contributed by atoms with E-state index < -0.39 is 0 Å². The predicted octanol–water partition coefficient (Wildman–Crippen LogP) is 6.07. The molecule has 3 nitrogen and oxygen atoms in total. The number of fused-ring (bicyclic) bond motifs is 6. The van der Waals surface area contributed by atoms with Crippen molar-refractivity contribution in [3.63, 3.8) is 0 Å². The van der Waals surface area contributed by atoms with Gasteiger partial charge in [0.15, 0.2) is 0 Å². The van der Waals surface area contributed by atoms with Gasteiger partial charge in [0.2, 0.25) is 0 Å². The fourth-order valence-corrected chi connectivity index (χ4v) is 5.08. The molecule has 0 saturated heterocycles. The van der Waals surface area contributed by atoms with Crippen molar-refractivity contribution < 1.29 is 0 Å². The summed E-state index contributed by atoms with van der Waals surface area (Å²) in [5, 5.41) is 4.70. The Morgan fingerprint density at radius 2 is 1.27 bits per heavy atom. The standard InChI is InChI=1S/C29H18BN3/c30-19-12-15-27-25(17-19)23-14-13-21(18-28(23)32(27)20-7-2-1-3-8-20)33-26-11-5-4-9-22(26)24-10-6-16-31-29(24)33/h1-18H. The van der Waals surface area contributed by atoms with Crippen LogP contribution in [0.4, 0.5) is 0 Å². The Morgan fingerprint density at radius 1 is 0.515 bits per heavy atom. The fourth-order valence-electron chi connectivity index (χ4n) is 5.08. The van der Waals surface area contributed by atoms with Crippen LogP contribution in [0.15, 0.2) is 109 Å². The molecule has 0 N–H and O–H groups in total. The second-order valence-corrected chi connectivity index (χ2v) is 8.38. The first-order valence-electron chi connectivity index (χ1n) is 11.0. The maximum atomic E-state index is 6.17. The van der Waals surface area contributed by atoms with Crippen LogP contribution >= 0.6 is 0 Å². The summed E-state index contributed by atoms with van der Waals surface area (Å²) in [6.07, 6.45) is 1.86. The number of aromatic nitrogens is 3.